The lowest BCUT2D eigenvalue weighted by atomic mass is 9.97. The van der Waals surface area contributed by atoms with Crippen LogP contribution in [0.5, 0.6) is 0 Å². The van der Waals surface area contributed by atoms with Crippen LogP contribution in [0.4, 0.5) is 0 Å². The van der Waals surface area contributed by atoms with Crippen LogP contribution in [0.2, 0.25) is 0 Å². The fourth-order valence-electron chi connectivity index (χ4n) is 4.74. The zero-order chi connectivity index (χ0) is 24.7. The standard InChI is InChI=1S/C28H55NO4/c1-4-6-8-10-12-13-14-16-18-20-22-26(21-19-17-15-11-9-7-5-2)29(24-23-27(30)31)25(3)28(32)33/h25-26H,4-24H2,1-3H3,(H,30,31)(H,32,33). The highest BCUT2D eigenvalue weighted by Crippen LogP contribution is 2.22. The molecule has 0 rings (SSSR count). The molecule has 2 N–H and O–H groups in total. The first kappa shape index (κ1) is 31.9. The van der Waals surface area contributed by atoms with Crippen molar-refractivity contribution in [1.82, 2.24) is 4.90 Å². The Labute approximate surface area is 204 Å². The summed E-state index contributed by atoms with van der Waals surface area (Å²) >= 11 is 0. The zero-order valence-corrected chi connectivity index (χ0v) is 22.2. The zero-order valence-electron chi connectivity index (χ0n) is 22.2. The van der Waals surface area contributed by atoms with Crippen molar-refractivity contribution < 1.29 is 19.8 Å². The third-order valence-electron chi connectivity index (χ3n) is 6.94. The molecule has 0 bridgehead atoms. The van der Waals surface area contributed by atoms with Gasteiger partial charge in [0.15, 0.2) is 0 Å². The van der Waals surface area contributed by atoms with E-state index >= 15 is 0 Å². The molecule has 0 aromatic rings. The molecular formula is C28H55NO4. The Morgan fingerprint density at radius 3 is 1.33 bits per heavy atom. The lowest BCUT2D eigenvalue weighted by Crippen LogP contribution is -2.46. The van der Waals surface area contributed by atoms with Crippen LogP contribution >= 0.6 is 0 Å². The van der Waals surface area contributed by atoms with Crippen molar-refractivity contribution >= 4 is 11.9 Å². The maximum absolute atomic E-state index is 11.7. The molecule has 0 spiro atoms. The van der Waals surface area contributed by atoms with Gasteiger partial charge in [-0.2, -0.15) is 0 Å². The van der Waals surface area contributed by atoms with E-state index in [0.29, 0.717) is 6.54 Å². The molecule has 0 heterocycles. The van der Waals surface area contributed by atoms with Crippen LogP contribution in [-0.2, 0) is 9.59 Å². The molecule has 5 heteroatoms. The molecule has 0 aromatic carbocycles. The first-order valence-electron chi connectivity index (χ1n) is 14.1. The summed E-state index contributed by atoms with van der Waals surface area (Å²) in [5.74, 6) is -1.71. The summed E-state index contributed by atoms with van der Waals surface area (Å²) in [7, 11) is 0. The molecule has 0 fully saturated rings. The highest BCUT2D eigenvalue weighted by Gasteiger charge is 2.27. The number of carbonyl (C=O) groups is 2. The molecule has 0 radical (unpaired) electrons. The van der Waals surface area contributed by atoms with Gasteiger partial charge in [-0.05, 0) is 19.8 Å². The van der Waals surface area contributed by atoms with E-state index in [0.717, 1.165) is 25.7 Å². The average molecular weight is 470 g/mol. The van der Waals surface area contributed by atoms with Crippen LogP contribution in [0.15, 0.2) is 0 Å². The summed E-state index contributed by atoms with van der Waals surface area (Å²) in [5, 5.41) is 18.8. The predicted molar refractivity (Wildman–Crippen MR) is 139 cm³/mol. The van der Waals surface area contributed by atoms with Gasteiger partial charge in [0.05, 0.1) is 6.42 Å². The first-order chi connectivity index (χ1) is 15.9. The Bertz CT molecular complexity index is 469. The molecule has 2 unspecified atom stereocenters. The van der Waals surface area contributed by atoms with Crippen molar-refractivity contribution in [2.24, 2.45) is 0 Å². The number of unbranched alkanes of at least 4 members (excludes halogenated alkanes) is 15. The van der Waals surface area contributed by atoms with E-state index in [1.165, 1.54) is 96.3 Å². The Kier molecular flexibility index (Phi) is 21.9. The fourth-order valence-corrected chi connectivity index (χ4v) is 4.74. The molecule has 0 amide bonds. The summed E-state index contributed by atoms with van der Waals surface area (Å²) < 4.78 is 0. The van der Waals surface area contributed by atoms with Crippen LogP contribution in [0.25, 0.3) is 0 Å². The third kappa shape index (κ3) is 19.0. The van der Waals surface area contributed by atoms with Gasteiger partial charge < -0.3 is 10.2 Å². The highest BCUT2D eigenvalue weighted by molar-refractivity contribution is 5.73. The third-order valence-corrected chi connectivity index (χ3v) is 6.94. The molecule has 0 aromatic heterocycles. The molecule has 0 saturated heterocycles. The number of hydrogen-bond donors (Lipinski definition) is 2. The van der Waals surface area contributed by atoms with Gasteiger partial charge in [0.1, 0.15) is 6.04 Å². The Hall–Kier alpha value is -1.10. The second-order valence-electron chi connectivity index (χ2n) is 9.93. The summed E-state index contributed by atoms with van der Waals surface area (Å²) in [6.07, 6.45) is 23.5. The van der Waals surface area contributed by atoms with Crippen molar-refractivity contribution in [3.8, 4) is 0 Å². The smallest absolute Gasteiger partial charge is 0.320 e. The molecule has 0 saturated carbocycles. The average Bonchev–Trinajstić information content (AvgIpc) is 2.78. The van der Waals surface area contributed by atoms with E-state index in [-0.39, 0.29) is 12.5 Å². The lowest BCUT2D eigenvalue weighted by molar-refractivity contribution is -0.145. The van der Waals surface area contributed by atoms with Crippen LogP contribution in [0.1, 0.15) is 149 Å². The van der Waals surface area contributed by atoms with Crippen molar-refractivity contribution in [2.45, 2.75) is 161 Å². The predicted octanol–water partition coefficient (Wildman–Crippen LogP) is 8.06. The Balaban J connectivity index is 4.55. The van der Waals surface area contributed by atoms with Crippen molar-refractivity contribution in [2.75, 3.05) is 6.54 Å². The fraction of sp³-hybridized carbons (Fsp3) is 0.929. The first-order valence-corrected chi connectivity index (χ1v) is 14.1. The number of carboxylic acids is 2. The normalized spacial score (nSPS) is 13.3. The monoisotopic (exact) mass is 469 g/mol. The van der Waals surface area contributed by atoms with Gasteiger partial charge in [-0.15, -0.1) is 0 Å². The van der Waals surface area contributed by atoms with E-state index in [4.69, 9.17) is 0 Å². The van der Waals surface area contributed by atoms with Gasteiger partial charge in [-0.3, -0.25) is 14.5 Å². The van der Waals surface area contributed by atoms with Gasteiger partial charge >= 0.3 is 11.9 Å². The largest absolute Gasteiger partial charge is 0.481 e. The van der Waals surface area contributed by atoms with E-state index in [1.54, 1.807) is 6.92 Å². The van der Waals surface area contributed by atoms with E-state index in [1.807, 2.05) is 4.90 Å². The summed E-state index contributed by atoms with van der Waals surface area (Å²) in [6.45, 7) is 6.51. The van der Waals surface area contributed by atoms with Crippen LogP contribution in [0.3, 0.4) is 0 Å². The number of nitrogens with zero attached hydrogens (tertiary/aromatic N) is 1. The van der Waals surface area contributed by atoms with Gasteiger partial charge in [0, 0.05) is 12.6 Å². The second kappa shape index (κ2) is 22.7. The Morgan fingerprint density at radius 2 is 1.00 bits per heavy atom. The minimum absolute atomic E-state index is 0.00314. The van der Waals surface area contributed by atoms with E-state index in [2.05, 4.69) is 13.8 Å². The van der Waals surface area contributed by atoms with Gasteiger partial charge in [0.25, 0.3) is 0 Å². The minimum atomic E-state index is -0.855. The summed E-state index contributed by atoms with van der Waals surface area (Å²) in [4.78, 5) is 24.9. The Morgan fingerprint density at radius 1 is 0.636 bits per heavy atom. The molecule has 0 aliphatic heterocycles. The number of rotatable bonds is 25. The number of aliphatic carboxylic acids is 2. The minimum Gasteiger partial charge on any atom is -0.481 e. The van der Waals surface area contributed by atoms with Crippen molar-refractivity contribution in [3.05, 3.63) is 0 Å². The summed E-state index contributed by atoms with van der Waals surface area (Å²) in [6, 6.07) is -0.470. The molecule has 196 valence electrons. The van der Waals surface area contributed by atoms with E-state index < -0.39 is 18.0 Å². The van der Waals surface area contributed by atoms with Gasteiger partial charge in [-0.25, -0.2) is 0 Å². The molecule has 2 atom stereocenters. The van der Waals surface area contributed by atoms with Gasteiger partial charge in [0.2, 0.25) is 0 Å². The van der Waals surface area contributed by atoms with Crippen LogP contribution in [-0.4, -0.2) is 45.7 Å². The van der Waals surface area contributed by atoms with Crippen molar-refractivity contribution in [3.63, 3.8) is 0 Å². The van der Waals surface area contributed by atoms with Crippen LogP contribution < -0.4 is 0 Å². The summed E-state index contributed by atoms with van der Waals surface area (Å²) in [5.41, 5.74) is 0. The highest BCUT2D eigenvalue weighted by atomic mass is 16.4. The van der Waals surface area contributed by atoms with Crippen LogP contribution in [0, 0.1) is 0 Å². The maximum atomic E-state index is 11.7. The quantitative estimate of drug-likeness (QED) is 0.132. The molecule has 33 heavy (non-hydrogen) atoms. The number of hydrogen-bond acceptors (Lipinski definition) is 3. The van der Waals surface area contributed by atoms with Crippen molar-refractivity contribution in [1.29, 1.82) is 0 Å². The molecule has 0 aliphatic rings. The number of carboxylic acid groups (broad SMARTS) is 2. The molecular weight excluding hydrogens is 414 g/mol. The SMILES string of the molecule is CCCCCCCCCCCCC(CCCCCCCCC)N(CCC(=O)O)C(C)C(=O)O. The molecule has 5 nitrogen and oxygen atoms in total. The topological polar surface area (TPSA) is 77.8 Å². The lowest BCUT2D eigenvalue weighted by Gasteiger charge is -2.34. The maximum Gasteiger partial charge on any atom is 0.320 e. The van der Waals surface area contributed by atoms with Gasteiger partial charge in [-0.1, -0.05) is 123 Å². The molecule has 0 aliphatic carbocycles. The van der Waals surface area contributed by atoms with E-state index in [9.17, 15) is 19.8 Å². The second-order valence-corrected chi connectivity index (χ2v) is 9.93.